The van der Waals surface area contributed by atoms with Crippen LogP contribution in [0, 0.1) is 12.7 Å². The van der Waals surface area contributed by atoms with Gasteiger partial charge < -0.3 is 19.9 Å². The Bertz CT molecular complexity index is 417. The maximum atomic E-state index is 13.8. The summed E-state index contributed by atoms with van der Waals surface area (Å²) in [4.78, 5) is 0. The number of morpholine rings is 1. The molecule has 1 aliphatic heterocycles. The van der Waals surface area contributed by atoms with E-state index >= 15 is 0 Å². The summed E-state index contributed by atoms with van der Waals surface area (Å²) < 4.78 is 24.2. The molecule has 5 heteroatoms. The van der Waals surface area contributed by atoms with E-state index in [0.29, 0.717) is 24.3 Å². The summed E-state index contributed by atoms with van der Waals surface area (Å²) in [7, 11) is 1.39. The summed E-state index contributed by atoms with van der Waals surface area (Å²) in [5, 5.41) is 12.8. The van der Waals surface area contributed by atoms with Gasteiger partial charge in [0.2, 0.25) is 5.82 Å². The molecule has 0 aliphatic carbocycles. The van der Waals surface area contributed by atoms with Crippen molar-refractivity contribution in [3.63, 3.8) is 0 Å². The zero-order valence-corrected chi connectivity index (χ0v) is 9.92. The van der Waals surface area contributed by atoms with Crippen LogP contribution < -0.4 is 10.1 Å². The summed E-state index contributed by atoms with van der Waals surface area (Å²) in [5.41, 5.74) is 1.17. The van der Waals surface area contributed by atoms with Crippen molar-refractivity contribution in [3.05, 3.63) is 23.0 Å². The molecule has 1 fully saturated rings. The summed E-state index contributed by atoms with van der Waals surface area (Å²) >= 11 is 0. The number of aromatic hydroxyl groups is 1. The Morgan fingerprint density at radius 2 is 2.35 bits per heavy atom. The fourth-order valence-electron chi connectivity index (χ4n) is 2.01. The fraction of sp³-hybridized carbons (Fsp3) is 0.500. The Morgan fingerprint density at radius 1 is 1.59 bits per heavy atom. The number of aryl methyl sites for hydroxylation is 1. The molecule has 1 aromatic rings. The van der Waals surface area contributed by atoms with Gasteiger partial charge in [0.25, 0.3) is 0 Å². The SMILES string of the molecule is COc1c(C2COCCN2)cc(C)c(O)c1F. The number of halogens is 1. The van der Waals surface area contributed by atoms with Crippen LogP contribution in [0.3, 0.4) is 0 Å². The minimum atomic E-state index is -0.713. The van der Waals surface area contributed by atoms with Crippen LogP contribution in [0.1, 0.15) is 17.2 Å². The quantitative estimate of drug-likeness (QED) is 0.824. The highest BCUT2D eigenvalue weighted by Crippen LogP contribution is 2.36. The number of nitrogens with one attached hydrogen (secondary N) is 1. The van der Waals surface area contributed by atoms with E-state index in [2.05, 4.69) is 5.32 Å². The highest BCUT2D eigenvalue weighted by molar-refractivity contribution is 5.48. The van der Waals surface area contributed by atoms with E-state index in [1.807, 2.05) is 0 Å². The van der Waals surface area contributed by atoms with Gasteiger partial charge in [0, 0.05) is 12.1 Å². The van der Waals surface area contributed by atoms with Gasteiger partial charge in [-0.25, -0.2) is 0 Å². The summed E-state index contributed by atoms with van der Waals surface area (Å²) in [5.74, 6) is -0.992. The minimum absolute atomic E-state index is 0.0797. The molecule has 1 unspecified atom stereocenters. The predicted octanol–water partition coefficient (Wildman–Crippen LogP) is 1.51. The average molecular weight is 241 g/mol. The summed E-state index contributed by atoms with van der Waals surface area (Å²) in [6.07, 6.45) is 0. The van der Waals surface area contributed by atoms with Crippen molar-refractivity contribution < 1.29 is 19.0 Å². The van der Waals surface area contributed by atoms with Crippen molar-refractivity contribution in [2.45, 2.75) is 13.0 Å². The van der Waals surface area contributed by atoms with Gasteiger partial charge in [0.05, 0.1) is 26.4 Å². The van der Waals surface area contributed by atoms with Crippen molar-refractivity contribution in [2.24, 2.45) is 0 Å². The smallest absolute Gasteiger partial charge is 0.207 e. The number of rotatable bonds is 2. The van der Waals surface area contributed by atoms with Gasteiger partial charge in [-0.2, -0.15) is 4.39 Å². The zero-order valence-electron chi connectivity index (χ0n) is 9.92. The zero-order chi connectivity index (χ0) is 12.4. The first-order chi connectivity index (χ1) is 8.15. The molecule has 0 radical (unpaired) electrons. The molecule has 1 saturated heterocycles. The number of hydrogen-bond donors (Lipinski definition) is 2. The van der Waals surface area contributed by atoms with E-state index in [0.717, 1.165) is 6.54 Å². The van der Waals surface area contributed by atoms with Gasteiger partial charge in [0.15, 0.2) is 11.5 Å². The Kier molecular flexibility index (Phi) is 3.49. The normalized spacial score (nSPS) is 20.3. The van der Waals surface area contributed by atoms with E-state index in [9.17, 15) is 9.50 Å². The molecule has 1 heterocycles. The van der Waals surface area contributed by atoms with E-state index < -0.39 is 5.82 Å². The molecule has 0 amide bonds. The van der Waals surface area contributed by atoms with E-state index in [-0.39, 0.29) is 17.5 Å². The predicted molar refractivity (Wildman–Crippen MR) is 60.9 cm³/mol. The van der Waals surface area contributed by atoms with Gasteiger partial charge in [-0.1, -0.05) is 0 Å². The fourth-order valence-corrected chi connectivity index (χ4v) is 2.01. The molecular formula is C12H16FNO3. The van der Waals surface area contributed by atoms with Crippen molar-refractivity contribution >= 4 is 0 Å². The second kappa shape index (κ2) is 4.89. The van der Waals surface area contributed by atoms with E-state index in [4.69, 9.17) is 9.47 Å². The first kappa shape index (κ1) is 12.1. The van der Waals surface area contributed by atoms with Crippen LogP contribution >= 0.6 is 0 Å². The molecule has 0 spiro atoms. The van der Waals surface area contributed by atoms with Crippen LogP contribution in [0.2, 0.25) is 0 Å². The molecule has 94 valence electrons. The van der Waals surface area contributed by atoms with Crippen LogP contribution in [-0.4, -0.2) is 32.0 Å². The average Bonchev–Trinajstić information content (AvgIpc) is 2.36. The van der Waals surface area contributed by atoms with Crippen molar-refractivity contribution in [2.75, 3.05) is 26.9 Å². The van der Waals surface area contributed by atoms with Crippen LogP contribution in [0.5, 0.6) is 11.5 Å². The lowest BCUT2D eigenvalue weighted by atomic mass is 10.0. The van der Waals surface area contributed by atoms with Crippen LogP contribution in [0.25, 0.3) is 0 Å². The largest absolute Gasteiger partial charge is 0.505 e. The lowest BCUT2D eigenvalue weighted by Crippen LogP contribution is -2.34. The Labute approximate surface area is 99.4 Å². The lowest BCUT2D eigenvalue weighted by molar-refractivity contribution is 0.0758. The standard InChI is InChI=1S/C12H16FNO3/c1-7-5-8(9-6-17-4-3-14-9)12(16-2)10(13)11(7)15/h5,9,14-15H,3-4,6H2,1-2H3. The third kappa shape index (κ3) is 2.21. The van der Waals surface area contributed by atoms with Crippen LogP contribution in [0.4, 0.5) is 4.39 Å². The molecule has 1 aliphatic rings. The van der Waals surface area contributed by atoms with Gasteiger partial charge in [-0.3, -0.25) is 0 Å². The highest BCUT2D eigenvalue weighted by atomic mass is 19.1. The monoisotopic (exact) mass is 241 g/mol. The summed E-state index contributed by atoms with van der Waals surface area (Å²) in [6.45, 7) is 3.50. The van der Waals surface area contributed by atoms with Gasteiger partial charge in [0.1, 0.15) is 0 Å². The Balaban J connectivity index is 2.44. The summed E-state index contributed by atoms with van der Waals surface area (Å²) in [6, 6.07) is 1.62. The molecule has 0 saturated carbocycles. The molecule has 2 rings (SSSR count). The maximum absolute atomic E-state index is 13.8. The number of methoxy groups -OCH3 is 1. The Hall–Kier alpha value is -1.33. The van der Waals surface area contributed by atoms with Crippen LogP contribution in [0.15, 0.2) is 6.07 Å². The van der Waals surface area contributed by atoms with Crippen molar-refractivity contribution in [1.82, 2.24) is 5.32 Å². The molecule has 0 aromatic heterocycles. The first-order valence-corrected chi connectivity index (χ1v) is 5.52. The molecule has 1 atom stereocenters. The molecule has 4 nitrogen and oxygen atoms in total. The molecule has 1 aromatic carbocycles. The number of hydrogen-bond acceptors (Lipinski definition) is 4. The second-order valence-corrected chi connectivity index (χ2v) is 4.06. The Morgan fingerprint density at radius 3 is 2.94 bits per heavy atom. The van der Waals surface area contributed by atoms with Gasteiger partial charge in [-0.05, 0) is 18.6 Å². The number of benzene rings is 1. The maximum Gasteiger partial charge on any atom is 0.207 e. The van der Waals surface area contributed by atoms with Gasteiger partial charge in [-0.15, -0.1) is 0 Å². The molecule has 17 heavy (non-hydrogen) atoms. The van der Waals surface area contributed by atoms with Crippen molar-refractivity contribution in [1.29, 1.82) is 0 Å². The molecular weight excluding hydrogens is 225 g/mol. The third-order valence-corrected chi connectivity index (χ3v) is 2.92. The minimum Gasteiger partial charge on any atom is -0.505 e. The lowest BCUT2D eigenvalue weighted by Gasteiger charge is -2.26. The van der Waals surface area contributed by atoms with Gasteiger partial charge >= 0.3 is 0 Å². The number of phenols is 1. The van der Waals surface area contributed by atoms with E-state index in [1.54, 1.807) is 13.0 Å². The van der Waals surface area contributed by atoms with Crippen molar-refractivity contribution in [3.8, 4) is 11.5 Å². The van der Waals surface area contributed by atoms with Crippen LogP contribution in [-0.2, 0) is 4.74 Å². The molecule has 2 N–H and O–H groups in total. The highest BCUT2D eigenvalue weighted by Gasteiger charge is 2.24. The number of phenolic OH excluding ortho intramolecular Hbond substituents is 1. The number of ether oxygens (including phenoxy) is 2. The van der Waals surface area contributed by atoms with E-state index in [1.165, 1.54) is 7.11 Å². The third-order valence-electron chi connectivity index (χ3n) is 2.92. The first-order valence-electron chi connectivity index (χ1n) is 5.52. The molecule has 0 bridgehead atoms. The topological polar surface area (TPSA) is 50.7 Å². The second-order valence-electron chi connectivity index (χ2n) is 4.06.